The topological polar surface area (TPSA) is 229 Å². The fourth-order valence-electron chi connectivity index (χ4n) is 9.48. The van der Waals surface area contributed by atoms with Crippen LogP contribution in [-0.4, -0.2) is 89.1 Å². The lowest BCUT2D eigenvalue weighted by molar-refractivity contribution is -0.140. The zero-order valence-electron chi connectivity index (χ0n) is 39.5. The van der Waals surface area contributed by atoms with E-state index in [0.29, 0.717) is 52.3 Å². The van der Waals surface area contributed by atoms with E-state index in [9.17, 15) is 39.3 Å². The summed E-state index contributed by atoms with van der Waals surface area (Å²) in [4.78, 5) is 72.7. The zero-order valence-corrected chi connectivity index (χ0v) is 39.5. The Labute approximate surface area is 407 Å². The quantitative estimate of drug-likeness (QED) is 0.0424. The molecule has 71 heavy (non-hydrogen) atoms. The van der Waals surface area contributed by atoms with Crippen LogP contribution in [0.3, 0.4) is 0 Å². The molecule has 4 aliphatic rings. The van der Waals surface area contributed by atoms with Crippen LogP contribution < -0.4 is 26.0 Å². The van der Waals surface area contributed by atoms with Crippen LogP contribution in [0.1, 0.15) is 85.6 Å². The van der Waals surface area contributed by atoms with Crippen molar-refractivity contribution in [3.05, 3.63) is 153 Å². The Hall–Kier alpha value is -8.66. The average Bonchev–Trinajstić information content (AvgIpc) is 3.63. The number of nitrogens with one attached hydrogen (secondary N) is 3. The molecule has 3 heterocycles. The van der Waals surface area contributed by atoms with Gasteiger partial charge in [-0.05, 0) is 105 Å². The molecule has 0 atom stereocenters. The van der Waals surface area contributed by atoms with Gasteiger partial charge in [-0.3, -0.25) is 24.2 Å². The molecule has 16 heteroatoms. The number of carboxylic acid groups (broad SMARTS) is 1. The zero-order chi connectivity index (χ0) is 50.1. The minimum atomic E-state index is -1.59. The number of hydrogen-bond donors (Lipinski definition) is 6. The highest BCUT2D eigenvalue weighted by Crippen LogP contribution is 2.57. The van der Waals surface area contributed by atoms with Gasteiger partial charge in [-0.25, -0.2) is 4.79 Å². The summed E-state index contributed by atoms with van der Waals surface area (Å²) in [6, 6.07) is 28.5. The molecule has 9 rings (SSSR count). The maximum Gasteiger partial charge on any atom is 0.340 e. The summed E-state index contributed by atoms with van der Waals surface area (Å²) in [5, 5.41) is 40.9. The molecule has 0 saturated heterocycles. The van der Waals surface area contributed by atoms with Gasteiger partial charge in [0.1, 0.15) is 34.3 Å². The Morgan fingerprint density at radius 3 is 2.08 bits per heavy atom. The minimum Gasteiger partial charge on any atom is -0.508 e. The molecule has 16 nitrogen and oxygen atoms in total. The van der Waals surface area contributed by atoms with Crippen molar-refractivity contribution in [2.24, 2.45) is 4.99 Å². The number of carbonyl (C=O) groups excluding carboxylic acids is 4. The summed E-state index contributed by atoms with van der Waals surface area (Å²) in [5.41, 5.74) is 6.07. The molecule has 1 spiro atoms. The molecular formula is C55H51N5O11. The van der Waals surface area contributed by atoms with Crippen molar-refractivity contribution >= 4 is 46.3 Å². The van der Waals surface area contributed by atoms with E-state index in [0.717, 1.165) is 38.7 Å². The summed E-state index contributed by atoms with van der Waals surface area (Å²) in [5.74, 6) is -2.46. The fraction of sp³-hybridized carbons (Fsp3) is 0.236. The second-order valence-electron chi connectivity index (χ2n) is 17.4. The number of carbonyl (C=O) groups is 5. The molecule has 5 aromatic rings. The predicted octanol–water partition coefficient (Wildman–Crippen LogP) is 8.01. The van der Waals surface area contributed by atoms with Gasteiger partial charge in [-0.1, -0.05) is 18.2 Å². The highest BCUT2D eigenvalue weighted by Gasteiger charge is 2.54. The standard InChI is InChI=1S/C55H51N5O11/c1-5-56-43-28-45-38(23-30(43)3)51(39-24-31(4)44(57-6-2)29-46(39)69-45)35-9-7-8-10-36(35)53(67)59-20-22-60(49(63)17-18-50(64)65)21-19-58-52(66)32-11-14-37-42(25-32)55(71-54(37)68)40-15-12-33(61)26-47(40)70-48-27-34(62)13-16-41(48)55/h7-16,23-29,56,61-62H,5-6,17-22H2,1-4H3,(H,58,66)(H,59,67)(H,64,65). The van der Waals surface area contributed by atoms with Crippen molar-refractivity contribution in [1.82, 2.24) is 15.5 Å². The number of carboxylic acids is 1. The number of ether oxygens (including phenoxy) is 2. The Bertz CT molecular complexity index is 3310. The fourth-order valence-corrected chi connectivity index (χ4v) is 9.48. The third-order valence-electron chi connectivity index (χ3n) is 12.8. The number of benzene rings is 6. The number of rotatable bonds is 15. The summed E-state index contributed by atoms with van der Waals surface area (Å²) in [7, 11) is 0. The van der Waals surface area contributed by atoms with E-state index in [-0.39, 0.29) is 66.7 Å². The molecule has 0 fully saturated rings. The van der Waals surface area contributed by atoms with Gasteiger partial charge < -0.3 is 50.1 Å². The second kappa shape index (κ2) is 19.4. The first-order valence-electron chi connectivity index (χ1n) is 23.3. The first-order valence-corrected chi connectivity index (χ1v) is 23.3. The minimum absolute atomic E-state index is 0.000418. The summed E-state index contributed by atoms with van der Waals surface area (Å²) in [6.45, 7) is 9.24. The van der Waals surface area contributed by atoms with E-state index in [4.69, 9.17) is 13.9 Å². The van der Waals surface area contributed by atoms with E-state index >= 15 is 0 Å². The number of hydrogen-bond acceptors (Lipinski definition) is 12. The highest BCUT2D eigenvalue weighted by molar-refractivity contribution is 6.10. The molecule has 3 aliphatic heterocycles. The van der Waals surface area contributed by atoms with Gasteiger partial charge in [-0.2, -0.15) is 0 Å². The lowest BCUT2D eigenvalue weighted by atomic mass is 9.77. The molecule has 3 amide bonds. The SMILES string of the molecule is CCN=c1cc2oc3cc(NCC)c(C)cc3c(-c3ccccc3C(=O)NCCN(CCNC(=O)c3ccc4c(c3)C3(OC4=O)c4ccc(O)cc4Oc4cc(O)ccc43)C(=O)CCC(=O)O)c-2cc1C. The van der Waals surface area contributed by atoms with Crippen LogP contribution in [0.2, 0.25) is 0 Å². The molecule has 362 valence electrons. The summed E-state index contributed by atoms with van der Waals surface area (Å²) < 4.78 is 18.7. The Morgan fingerprint density at radius 1 is 0.718 bits per heavy atom. The third kappa shape index (κ3) is 8.95. The number of nitrogens with zero attached hydrogens (tertiary/aromatic N) is 2. The molecule has 0 unspecified atom stereocenters. The Morgan fingerprint density at radius 2 is 1.41 bits per heavy atom. The normalized spacial score (nSPS) is 13.2. The van der Waals surface area contributed by atoms with Crippen molar-refractivity contribution in [3.8, 4) is 45.4 Å². The van der Waals surface area contributed by atoms with Crippen molar-refractivity contribution in [2.75, 3.05) is 44.6 Å². The van der Waals surface area contributed by atoms with Crippen LogP contribution in [0.15, 0.2) is 113 Å². The number of aryl methyl sites for hydroxylation is 2. The van der Waals surface area contributed by atoms with Gasteiger partial charge >= 0.3 is 11.9 Å². The summed E-state index contributed by atoms with van der Waals surface area (Å²) in [6.07, 6.45) is -0.714. The molecule has 0 saturated carbocycles. The smallest absolute Gasteiger partial charge is 0.340 e. The van der Waals surface area contributed by atoms with Gasteiger partial charge in [0.25, 0.3) is 11.8 Å². The maximum atomic E-state index is 14.3. The predicted molar refractivity (Wildman–Crippen MR) is 264 cm³/mol. The van der Waals surface area contributed by atoms with Crippen molar-refractivity contribution in [1.29, 1.82) is 0 Å². The molecule has 0 aromatic heterocycles. The Kier molecular flexibility index (Phi) is 12.9. The second-order valence-corrected chi connectivity index (χ2v) is 17.4. The first kappa shape index (κ1) is 47.4. The molecular weight excluding hydrogens is 907 g/mol. The monoisotopic (exact) mass is 957 g/mol. The maximum absolute atomic E-state index is 14.3. The molecule has 1 aliphatic carbocycles. The molecule has 6 N–H and O–H groups in total. The van der Waals surface area contributed by atoms with Gasteiger partial charge in [0.15, 0.2) is 5.60 Å². The molecule has 5 aromatic carbocycles. The van der Waals surface area contributed by atoms with Gasteiger partial charge in [0.05, 0.1) is 17.3 Å². The van der Waals surface area contributed by atoms with Gasteiger partial charge in [0, 0.05) is 120 Å². The largest absolute Gasteiger partial charge is 0.508 e. The first-order chi connectivity index (χ1) is 34.2. The van der Waals surface area contributed by atoms with E-state index in [1.807, 2.05) is 58.0 Å². The van der Waals surface area contributed by atoms with Crippen molar-refractivity contribution < 1.29 is 53.2 Å². The number of fused-ring (bicyclic) bond motifs is 8. The lowest BCUT2D eigenvalue weighted by Gasteiger charge is -2.36. The number of phenols is 2. The van der Waals surface area contributed by atoms with E-state index in [1.54, 1.807) is 24.3 Å². The van der Waals surface area contributed by atoms with E-state index in [1.165, 1.54) is 47.4 Å². The number of amides is 3. The van der Waals surface area contributed by atoms with Crippen LogP contribution in [0.25, 0.3) is 33.4 Å². The number of esters is 1. The van der Waals surface area contributed by atoms with Crippen LogP contribution in [-0.2, 0) is 19.9 Å². The van der Waals surface area contributed by atoms with E-state index in [2.05, 4.69) is 27.0 Å². The number of aromatic hydroxyl groups is 2. The van der Waals surface area contributed by atoms with Gasteiger partial charge in [-0.15, -0.1) is 0 Å². The number of aliphatic carboxylic acids is 1. The van der Waals surface area contributed by atoms with Crippen LogP contribution in [0.4, 0.5) is 5.69 Å². The Balaban J connectivity index is 0.949. The van der Waals surface area contributed by atoms with Crippen LogP contribution >= 0.6 is 0 Å². The molecule has 0 bridgehead atoms. The number of anilines is 1. The molecule has 0 radical (unpaired) electrons. The average molecular weight is 958 g/mol. The number of phenolic OH excluding ortho intramolecular Hbond substituents is 2. The van der Waals surface area contributed by atoms with Crippen LogP contribution in [0, 0.1) is 13.8 Å². The van der Waals surface area contributed by atoms with Crippen molar-refractivity contribution in [2.45, 2.75) is 46.1 Å². The van der Waals surface area contributed by atoms with E-state index < -0.39 is 41.7 Å². The van der Waals surface area contributed by atoms with Gasteiger partial charge in [0.2, 0.25) is 5.91 Å². The lowest BCUT2D eigenvalue weighted by Crippen LogP contribution is -2.43. The third-order valence-corrected chi connectivity index (χ3v) is 12.8. The van der Waals surface area contributed by atoms with Crippen LogP contribution in [0.5, 0.6) is 23.0 Å². The highest BCUT2D eigenvalue weighted by atomic mass is 16.6. The van der Waals surface area contributed by atoms with Crippen molar-refractivity contribution in [3.63, 3.8) is 0 Å². The summed E-state index contributed by atoms with van der Waals surface area (Å²) >= 11 is 0.